The van der Waals surface area contributed by atoms with Gasteiger partial charge in [-0.1, -0.05) is 18.7 Å². The lowest BCUT2D eigenvalue weighted by Crippen LogP contribution is -2.16. The highest BCUT2D eigenvalue weighted by Gasteiger charge is 2.29. The smallest absolute Gasteiger partial charge is 0.323 e. The molecule has 0 spiro atoms. The summed E-state index contributed by atoms with van der Waals surface area (Å²) in [5.41, 5.74) is 0.454. The number of hydrogen-bond donors (Lipinski definition) is 1. The van der Waals surface area contributed by atoms with E-state index < -0.39 is 11.0 Å². The monoisotopic (exact) mass is 273 g/mol. The number of aryl methyl sites for hydroxylation is 1. The van der Waals surface area contributed by atoms with Crippen molar-refractivity contribution < 1.29 is 10.0 Å². The molecule has 6 nitrogen and oxygen atoms in total. The quantitative estimate of drug-likeness (QED) is 0.506. The van der Waals surface area contributed by atoms with Crippen molar-refractivity contribution in [3.8, 4) is 0 Å². The Labute approximate surface area is 111 Å². The molecule has 0 bridgehead atoms. The zero-order valence-electron chi connectivity index (χ0n) is 11.2. The van der Waals surface area contributed by atoms with Gasteiger partial charge in [-0.05, 0) is 27.7 Å². The number of thioether (sulfide) groups is 1. The van der Waals surface area contributed by atoms with E-state index in [-0.39, 0.29) is 17.0 Å². The molecule has 1 N–H and O–H groups in total. The van der Waals surface area contributed by atoms with Gasteiger partial charge < -0.3 is 5.11 Å². The van der Waals surface area contributed by atoms with Crippen molar-refractivity contribution in [2.45, 2.75) is 57.0 Å². The molecule has 0 aromatic carbocycles. The number of nitro groups is 1. The lowest BCUT2D eigenvalue weighted by atomic mass is 10.3. The molecule has 0 aliphatic heterocycles. The second-order valence-corrected chi connectivity index (χ2v) is 5.96. The van der Waals surface area contributed by atoms with Crippen molar-refractivity contribution >= 4 is 17.4 Å². The van der Waals surface area contributed by atoms with Crippen LogP contribution in [-0.4, -0.2) is 31.2 Å². The standard InChI is InChI=1S/C11H19N3O3S/c1-6(2)13-11(18-9(5)8(4)15)10(14(16)17)7(3)12-13/h6,8-9,15H,1-5H3. The summed E-state index contributed by atoms with van der Waals surface area (Å²) >= 11 is 1.29. The molecule has 2 atom stereocenters. The van der Waals surface area contributed by atoms with Gasteiger partial charge in [0.25, 0.3) is 0 Å². The molecule has 7 heteroatoms. The van der Waals surface area contributed by atoms with Crippen LogP contribution in [0.2, 0.25) is 0 Å². The zero-order valence-corrected chi connectivity index (χ0v) is 12.1. The van der Waals surface area contributed by atoms with E-state index in [0.717, 1.165) is 0 Å². The fraction of sp³-hybridized carbons (Fsp3) is 0.727. The van der Waals surface area contributed by atoms with Crippen LogP contribution >= 0.6 is 11.8 Å². The van der Waals surface area contributed by atoms with Crippen LogP contribution < -0.4 is 0 Å². The number of aliphatic hydroxyl groups excluding tert-OH is 1. The minimum absolute atomic E-state index is 0.0427. The summed E-state index contributed by atoms with van der Waals surface area (Å²) in [5, 5.41) is 25.2. The predicted molar refractivity (Wildman–Crippen MR) is 71.0 cm³/mol. The average Bonchev–Trinajstić information content (AvgIpc) is 2.55. The maximum Gasteiger partial charge on any atom is 0.323 e. The highest BCUT2D eigenvalue weighted by Crippen LogP contribution is 2.37. The average molecular weight is 273 g/mol. The van der Waals surface area contributed by atoms with Crippen LogP contribution in [0.15, 0.2) is 5.03 Å². The highest BCUT2D eigenvalue weighted by atomic mass is 32.2. The predicted octanol–water partition coefficient (Wildman–Crippen LogP) is 2.54. The van der Waals surface area contributed by atoms with E-state index in [1.807, 2.05) is 20.8 Å². The van der Waals surface area contributed by atoms with E-state index in [9.17, 15) is 15.2 Å². The molecule has 18 heavy (non-hydrogen) atoms. The Hall–Kier alpha value is -1.08. The maximum atomic E-state index is 11.1. The van der Waals surface area contributed by atoms with Crippen LogP contribution in [0.3, 0.4) is 0 Å². The summed E-state index contributed by atoms with van der Waals surface area (Å²) in [6.45, 7) is 8.99. The third-order valence-electron chi connectivity index (χ3n) is 2.66. The molecule has 1 heterocycles. The number of hydrogen-bond acceptors (Lipinski definition) is 5. The molecule has 0 fully saturated rings. The zero-order chi connectivity index (χ0) is 14.0. The van der Waals surface area contributed by atoms with Crippen LogP contribution in [0.1, 0.15) is 39.4 Å². The Morgan fingerprint density at radius 2 is 1.94 bits per heavy atom. The second kappa shape index (κ2) is 5.71. The van der Waals surface area contributed by atoms with E-state index in [0.29, 0.717) is 10.7 Å². The molecule has 0 aliphatic rings. The summed E-state index contributed by atoms with van der Waals surface area (Å²) in [5.74, 6) is 0. The molecule has 1 aromatic heterocycles. The lowest BCUT2D eigenvalue weighted by Gasteiger charge is -2.16. The first-order valence-corrected chi connectivity index (χ1v) is 6.71. The van der Waals surface area contributed by atoms with Gasteiger partial charge >= 0.3 is 5.69 Å². The Balaban J connectivity index is 3.24. The molecular weight excluding hydrogens is 254 g/mol. The minimum atomic E-state index is -0.537. The molecule has 0 saturated carbocycles. The summed E-state index contributed by atoms with van der Waals surface area (Å²) in [6, 6.07) is 0.0427. The molecule has 1 rings (SSSR count). The topological polar surface area (TPSA) is 81.2 Å². The van der Waals surface area contributed by atoms with E-state index in [1.165, 1.54) is 11.8 Å². The Morgan fingerprint density at radius 1 is 1.39 bits per heavy atom. The van der Waals surface area contributed by atoms with Crippen molar-refractivity contribution in [2.24, 2.45) is 0 Å². The third-order valence-corrected chi connectivity index (χ3v) is 4.03. The first kappa shape index (κ1) is 15.0. The van der Waals surface area contributed by atoms with Gasteiger partial charge in [0.2, 0.25) is 0 Å². The first-order valence-electron chi connectivity index (χ1n) is 5.83. The normalized spacial score (nSPS) is 14.8. The van der Waals surface area contributed by atoms with E-state index in [4.69, 9.17) is 0 Å². The van der Waals surface area contributed by atoms with Gasteiger partial charge in [0.1, 0.15) is 5.69 Å². The van der Waals surface area contributed by atoms with E-state index >= 15 is 0 Å². The number of aromatic nitrogens is 2. The summed E-state index contributed by atoms with van der Waals surface area (Å²) in [6.07, 6.45) is -0.537. The Kier molecular flexibility index (Phi) is 4.75. The fourth-order valence-electron chi connectivity index (χ4n) is 1.46. The van der Waals surface area contributed by atoms with Crippen LogP contribution in [0, 0.1) is 17.0 Å². The Bertz CT molecular complexity index is 443. The van der Waals surface area contributed by atoms with Crippen LogP contribution in [0.5, 0.6) is 0 Å². The first-order chi connectivity index (χ1) is 8.25. The van der Waals surface area contributed by atoms with Crippen LogP contribution in [0.25, 0.3) is 0 Å². The largest absolute Gasteiger partial charge is 0.392 e. The number of rotatable bonds is 5. The molecule has 0 amide bonds. The third kappa shape index (κ3) is 3.02. The summed E-state index contributed by atoms with van der Waals surface area (Å²) < 4.78 is 1.65. The van der Waals surface area contributed by atoms with E-state index in [1.54, 1.807) is 18.5 Å². The van der Waals surface area contributed by atoms with Crippen molar-refractivity contribution in [2.75, 3.05) is 0 Å². The second-order valence-electron chi connectivity index (χ2n) is 4.60. The number of nitrogens with zero attached hydrogens (tertiary/aromatic N) is 3. The van der Waals surface area contributed by atoms with Crippen molar-refractivity contribution in [3.63, 3.8) is 0 Å². The van der Waals surface area contributed by atoms with Gasteiger partial charge in [-0.25, -0.2) is 4.68 Å². The van der Waals surface area contributed by atoms with Crippen molar-refractivity contribution in [1.82, 2.24) is 9.78 Å². The van der Waals surface area contributed by atoms with Crippen molar-refractivity contribution in [1.29, 1.82) is 0 Å². The van der Waals surface area contributed by atoms with Crippen LogP contribution in [0.4, 0.5) is 5.69 Å². The SMILES string of the molecule is Cc1nn(C(C)C)c(SC(C)C(C)O)c1[N+](=O)[O-]. The van der Waals surface area contributed by atoms with Crippen LogP contribution in [-0.2, 0) is 0 Å². The van der Waals surface area contributed by atoms with Gasteiger partial charge in [0, 0.05) is 11.3 Å². The minimum Gasteiger partial charge on any atom is -0.392 e. The summed E-state index contributed by atoms with van der Waals surface area (Å²) in [7, 11) is 0. The van der Waals surface area contributed by atoms with Gasteiger partial charge in [-0.2, -0.15) is 5.10 Å². The maximum absolute atomic E-state index is 11.1. The van der Waals surface area contributed by atoms with Gasteiger partial charge in [-0.15, -0.1) is 0 Å². The molecule has 0 saturated heterocycles. The molecule has 0 aliphatic carbocycles. The number of aliphatic hydroxyl groups is 1. The van der Waals surface area contributed by atoms with Gasteiger partial charge in [-0.3, -0.25) is 10.1 Å². The Morgan fingerprint density at radius 3 is 2.33 bits per heavy atom. The highest BCUT2D eigenvalue weighted by molar-refractivity contribution is 8.00. The molecular formula is C11H19N3O3S. The van der Waals surface area contributed by atoms with Crippen molar-refractivity contribution in [3.05, 3.63) is 15.8 Å². The van der Waals surface area contributed by atoms with Gasteiger partial charge in [0.15, 0.2) is 5.03 Å². The van der Waals surface area contributed by atoms with E-state index in [2.05, 4.69) is 5.10 Å². The van der Waals surface area contributed by atoms with Gasteiger partial charge in [0.05, 0.1) is 11.0 Å². The fourth-order valence-corrected chi connectivity index (χ4v) is 2.70. The summed E-state index contributed by atoms with van der Waals surface area (Å²) in [4.78, 5) is 10.7. The molecule has 0 radical (unpaired) electrons. The molecule has 102 valence electrons. The molecule has 2 unspecified atom stereocenters. The lowest BCUT2D eigenvalue weighted by molar-refractivity contribution is -0.388. The molecule has 1 aromatic rings.